The molecule has 0 spiro atoms. The third-order valence-corrected chi connectivity index (χ3v) is 5.02. The van der Waals surface area contributed by atoms with Gasteiger partial charge in [-0.15, -0.1) is 0 Å². The summed E-state index contributed by atoms with van der Waals surface area (Å²) in [6.07, 6.45) is 1.74. The molecule has 0 radical (unpaired) electrons. The van der Waals surface area contributed by atoms with Gasteiger partial charge >= 0.3 is 0 Å². The van der Waals surface area contributed by atoms with E-state index in [4.69, 9.17) is 0 Å². The Morgan fingerprint density at radius 3 is 2.70 bits per heavy atom. The lowest BCUT2D eigenvalue weighted by Gasteiger charge is -2.14. The van der Waals surface area contributed by atoms with Gasteiger partial charge in [-0.05, 0) is 16.3 Å². The summed E-state index contributed by atoms with van der Waals surface area (Å²) < 4.78 is 28.2. The van der Waals surface area contributed by atoms with Crippen molar-refractivity contribution in [3.63, 3.8) is 0 Å². The molecule has 23 heavy (non-hydrogen) atoms. The smallest absolute Gasteiger partial charge is 0.243 e. The molecule has 6 nitrogen and oxygen atoms in total. The highest BCUT2D eigenvalue weighted by molar-refractivity contribution is 7.89. The number of aliphatic hydroxyl groups is 1. The molecule has 0 bridgehead atoms. The van der Waals surface area contributed by atoms with Crippen LogP contribution in [0.4, 0.5) is 0 Å². The number of rotatable bonds is 5. The van der Waals surface area contributed by atoms with E-state index in [0.717, 1.165) is 10.8 Å². The van der Waals surface area contributed by atoms with E-state index in [1.54, 1.807) is 13.1 Å². The standard InChI is InChI=1S/C16H17N3O3S/c1-19-11-13(9-17-19)23(21,22)18-10-16(20)15-8-4-6-12-5-2-3-7-14(12)15/h2-9,11,16,18,20H,10H2,1H3/t16-/m0/s1. The van der Waals surface area contributed by atoms with Gasteiger partial charge in [0.05, 0.1) is 12.3 Å². The van der Waals surface area contributed by atoms with Crippen molar-refractivity contribution in [1.82, 2.24) is 14.5 Å². The van der Waals surface area contributed by atoms with Crippen molar-refractivity contribution in [2.75, 3.05) is 6.54 Å². The van der Waals surface area contributed by atoms with Crippen LogP contribution in [0.2, 0.25) is 0 Å². The highest BCUT2D eigenvalue weighted by atomic mass is 32.2. The number of aliphatic hydroxyl groups excluding tert-OH is 1. The van der Waals surface area contributed by atoms with E-state index in [9.17, 15) is 13.5 Å². The molecule has 3 rings (SSSR count). The lowest BCUT2D eigenvalue weighted by atomic mass is 10.0. The van der Waals surface area contributed by atoms with Gasteiger partial charge < -0.3 is 5.11 Å². The van der Waals surface area contributed by atoms with Crippen molar-refractivity contribution in [1.29, 1.82) is 0 Å². The van der Waals surface area contributed by atoms with Gasteiger partial charge in [0, 0.05) is 19.8 Å². The van der Waals surface area contributed by atoms with Crippen LogP contribution in [-0.2, 0) is 17.1 Å². The minimum Gasteiger partial charge on any atom is -0.387 e. The van der Waals surface area contributed by atoms with Crippen LogP contribution in [0.1, 0.15) is 11.7 Å². The fourth-order valence-corrected chi connectivity index (χ4v) is 3.48. The van der Waals surface area contributed by atoms with E-state index in [1.807, 2.05) is 36.4 Å². The summed E-state index contributed by atoms with van der Waals surface area (Å²) in [7, 11) is -2.05. The Hall–Kier alpha value is -2.22. The van der Waals surface area contributed by atoms with E-state index in [0.29, 0.717) is 5.56 Å². The maximum absolute atomic E-state index is 12.2. The van der Waals surface area contributed by atoms with Gasteiger partial charge in [-0.25, -0.2) is 13.1 Å². The maximum Gasteiger partial charge on any atom is 0.243 e. The molecule has 1 heterocycles. The van der Waals surface area contributed by atoms with E-state index in [1.165, 1.54) is 17.1 Å². The summed E-state index contributed by atoms with van der Waals surface area (Å²) in [6.45, 7) is -0.106. The molecule has 0 aliphatic heterocycles. The molecule has 0 saturated heterocycles. The third kappa shape index (κ3) is 3.26. The molecule has 120 valence electrons. The molecule has 0 aliphatic carbocycles. The molecule has 0 saturated carbocycles. The molecule has 0 amide bonds. The summed E-state index contributed by atoms with van der Waals surface area (Å²) in [4.78, 5) is 0.0742. The Bertz CT molecular complexity index is 929. The highest BCUT2D eigenvalue weighted by Crippen LogP contribution is 2.24. The van der Waals surface area contributed by atoms with E-state index in [-0.39, 0.29) is 11.4 Å². The van der Waals surface area contributed by atoms with Gasteiger partial charge in [-0.1, -0.05) is 42.5 Å². The van der Waals surface area contributed by atoms with Crippen LogP contribution in [0.5, 0.6) is 0 Å². The molecule has 2 N–H and O–H groups in total. The largest absolute Gasteiger partial charge is 0.387 e. The predicted octanol–water partition coefficient (Wildman–Crippen LogP) is 1.59. The van der Waals surface area contributed by atoms with Crippen molar-refractivity contribution in [3.8, 4) is 0 Å². The second-order valence-electron chi connectivity index (χ2n) is 5.29. The number of hydrogen-bond donors (Lipinski definition) is 2. The topological polar surface area (TPSA) is 84.2 Å². The summed E-state index contributed by atoms with van der Waals surface area (Å²) in [5.74, 6) is 0. The normalized spacial score (nSPS) is 13.3. The Labute approximate surface area is 134 Å². The Morgan fingerprint density at radius 1 is 1.22 bits per heavy atom. The fraction of sp³-hybridized carbons (Fsp3) is 0.188. The van der Waals surface area contributed by atoms with Gasteiger partial charge in [0.25, 0.3) is 0 Å². The molecular formula is C16H17N3O3S. The second kappa shape index (κ2) is 6.11. The van der Waals surface area contributed by atoms with Crippen LogP contribution in [0.15, 0.2) is 59.8 Å². The average molecular weight is 331 g/mol. The van der Waals surface area contributed by atoms with Crippen LogP contribution in [0.25, 0.3) is 10.8 Å². The van der Waals surface area contributed by atoms with E-state index in [2.05, 4.69) is 9.82 Å². The van der Waals surface area contributed by atoms with Crippen molar-refractivity contribution in [3.05, 3.63) is 60.4 Å². The van der Waals surface area contributed by atoms with E-state index < -0.39 is 16.1 Å². The van der Waals surface area contributed by atoms with Crippen LogP contribution >= 0.6 is 0 Å². The monoisotopic (exact) mass is 331 g/mol. The summed E-state index contributed by atoms with van der Waals surface area (Å²) in [5.41, 5.74) is 0.692. The van der Waals surface area contributed by atoms with Crippen LogP contribution in [0.3, 0.4) is 0 Å². The summed E-state index contributed by atoms with van der Waals surface area (Å²) in [5, 5.41) is 16.1. The molecule has 0 fully saturated rings. The zero-order valence-electron chi connectivity index (χ0n) is 12.5. The number of benzene rings is 2. The molecular weight excluding hydrogens is 314 g/mol. The first-order chi connectivity index (χ1) is 11.0. The van der Waals surface area contributed by atoms with Gasteiger partial charge in [0.1, 0.15) is 4.90 Å². The maximum atomic E-state index is 12.2. The number of nitrogens with zero attached hydrogens (tertiary/aromatic N) is 2. The molecule has 1 aromatic heterocycles. The predicted molar refractivity (Wildman–Crippen MR) is 87.3 cm³/mol. The second-order valence-corrected chi connectivity index (χ2v) is 7.05. The van der Waals surface area contributed by atoms with Crippen LogP contribution in [-0.4, -0.2) is 29.8 Å². The average Bonchev–Trinajstić information content (AvgIpc) is 2.99. The zero-order valence-corrected chi connectivity index (χ0v) is 13.4. The first-order valence-electron chi connectivity index (χ1n) is 7.11. The lowest BCUT2D eigenvalue weighted by molar-refractivity contribution is 0.183. The number of nitrogens with one attached hydrogen (secondary N) is 1. The Kier molecular flexibility index (Phi) is 4.16. The highest BCUT2D eigenvalue weighted by Gasteiger charge is 2.19. The van der Waals surface area contributed by atoms with E-state index >= 15 is 0 Å². The van der Waals surface area contributed by atoms with Crippen molar-refractivity contribution < 1.29 is 13.5 Å². The summed E-state index contributed by atoms with van der Waals surface area (Å²) in [6, 6.07) is 13.3. The molecule has 3 aromatic rings. The Balaban J connectivity index is 1.80. The number of hydrogen-bond acceptors (Lipinski definition) is 4. The molecule has 7 heteroatoms. The van der Waals surface area contributed by atoms with Crippen LogP contribution in [0, 0.1) is 0 Å². The molecule has 1 atom stereocenters. The summed E-state index contributed by atoms with van der Waals surface area (Å²) >= 11 is 0. The van der Waals surface area contributed by atoms with Gasteiger partial charge in [0.2, 0.25) is 10.0 Å². The van der Waals surface area contributed by atoms with Gasteiger partial charge in [-0.3, -0.25) is 4.68 Å². The quantitative estimate of drug-likeness (QED) is 0.743. The first-order valence-corrected chi connectivity index (χ1v) is 8.60. The van der Waals surface area contributed by atoms with Gasteiger partial charge in [-0.2, -0.15) is 5.10 Å². The van der Waals surface area contributed by atoms with Gasteiger partial charge in [0.15, 0.2) is 0 Å². The Morgan fingerprint density at radius 2 is 1.96 bits per heavy atom. The number of fused-ring (bicyclic) bond motifs is 1. The first kappa shape index (κ1) is 15.7. The van der Waals surface area contributed by atoms with Crippen molar-refractivity contribution in [2.24, 2.45) is 7.05 Å². The lowest BCUT2D eigenvalue weighted by Crippen LogP contribution is -2.28. The molecule has 0 unspecified atom stereocenters. The number of sulfonamides is 1. The zero-order chi connectivity index (χ0) is 16.4. The number of aryl methyl sites for hydroxylation is 1. The van der Waals surface area contributed by atoms with Crippen LogP contribution < -0.4 is 4.72 Å². The minimum atomic E-state index is -3.69. The minimum absolute atomic E-state index is 0.0742. The third-order valence-electron chi connectivity index (χ3n) is 3.64. The van der Waals surface area contributed by atoms with Crippen molar-refractivity contribution >= 4 is 20.8 Å². The molecule has 0 aliphatic rings. The number of aromatic nitrogens is 2. The fourth-order valence-electron chi connectivity index (χ4n) is 2.46. The SMILES string of the molecule is Cn1cc(S(=O)(=O)NC[C@H](O)c2cccc3ccccc23)cn1. The van der Waals surface area contributed by atoms with Crippen molar-refractivity contribution in [2.45, 2.75) is 11.0 Å². The molecule has 2 aromatic carbocycles.